The molecule has 0 radical (unpaired) electrons. The summed E-state index contributed by atoms with van der Waals surface area (Å²) >= 11 is 4.12. The van der Waals surface area contributed by atoms with Gasteiger partial charge in [0.1, 0.15) is 11.6 Å². The van der Waals surface area contributed by atoms with Crippen LogP contribution in [0.25, 0.3) is 0 Å². The number of nitrogens with zero attached hydrogens (tertiary/aromatic N) is 2. The maximum absolute atomic E-state index is 11.6. The molecule has 7 heteroatoms. The van der Waals surface area contributed by atoms with Crippen molar-refractivity contribution < 1.29 is 14.1 Å². The molecular formula is C10H17N3O3S. The molecule has 1 N–H and O–H groups in total. The standard InChI is InChI=1S/C10H17N3O3S/c1-6-11-8(16-13-6)7(5-17)12-9(14)15-10(2,3)4/h7,17H,5H2,1-4H3,(H,12,14)/t7-/m0/s1. The van der Waals surface area contributed by atoms with Crippen LogP contribution in [0.4, 0.5) is 4.79 Å². The summed E-state index contributed by atoms with van der Waals surface area (Å²) in [5.74, 6) is 1.18. The monoisotopic (exact) mass is 259 g/mol. The lowest BCUT2D eigenvalue weighted by atomic mass is 10.2. The molecule has 1 aromatic heterocycles. The number of hydrogen-bond donors (Lipinski definition) is 2. The van der Waals surface area contributed by atoms with Crippen LogP contribution < -0.4 is 5.32 Å². The number of rotatable bonds is 3. The molecule has 0 aliphatic carbocycles. The Hall–Kier alpha value is -1.24. The van der Waals surface area contributed by atoms with Crippen LogP contribution in [0.15, 0.2) is 4.52 Å². The van der Waals surface area contributed by atoms with Gasteiger partial charge in [-0.05, 0) is 27.7 Å². The third-order valence-electron chi connectivity index (χ3n) is 1.71. The third-order valence-corrected chi connectivity index (χ3v) is 2.08. The molecule has 0 unspecified atom stereocenters. The topological polar surface area (TPSA) is 77.2 Å². The van der Waals surface area contributed by atoms with E-state index in [9.17, 15) is 4.79 Å². The minimum absolute atomic E-state index is 0.323. The number of aromatic nitrogens is 2. The fourth-order valence-corrected chi connectivity index (χ4v) is 1.34. The van der Waals surface area contributed by atoms with Gasteiger partial charge in [-0.1, -0.05) is 5.16 Å². The summed E-state index contributed by atoms with van der Waals surface area (Å²) in [4.78, 5) is 15.6. The van der Waals surface area contributed by atoms with Gasteiger partial charge in [0, 0.05) is 5.75 Å². The molecule has 0 bridgehead atoms. The zero-order valence-electron chi connectivity index (χ0n) is 10.4. The molecule has 0 aliphatic heterocycles. The highest BCUT2D eigenvalue weighted by Crippen LogP contribution is 2.14. The van der Waals surface area contributed by atoms with Crippen molar-refractivity contribution in [1.82, 2.24) is 15.5 Å². The van der Waals surface area contributed by atoms with Gasteiger partial charge in [0.15, 0.2) is 5.82 Å². The van der Waals surface area contributed by atoms with Crippen molar-refractivity contribution >= 4 is 18.7 Å². The van der Waals surface area contributed by atoms with E-state index in [0.29, 0.717) is 17.5 Å². The Balaban J connectivity index is 2.62. The minimum Gasteiger partial charge on any atom is -0.444 e. The Morgan fingerprint density at radius 1 is 1.59 bits per heavy atom. The van der Waals surface area contributed by atoms with Crippen LogP contribution >= 0.6 is 12.6 Å². The van der Waals surface area contributed by atoms with Crippen molar-refractivity contribution in [2.45, 2.75) is 39.3 Å². The molecule has 0 aromatic carbocycles. The molecule has 0 aliphatic rings. The van der Waals surface area contributed by atoms with E-state index < -0.39 is 17.7 Å². The number of alkyl carbamates (subject to hydrolysis) is 1. The number of carbonyl (C=O) groups excluding carboxylic acids is 1. The number of amides is 1. The summed E-state index contributed by atoms with van der Waals surface area (Å²) in [6.45, 7) is 7.08. The second-order valence-corrected chi connectivity index (χ2v) is 4.93. The molecule has 1 heterocycles. The minimum atomic E-state index is -0.546. The second-order valence-electron chi connectivity index (χ2n) is 4.56. The second kappa shape index (κ2) is 5.39. The van der Waals surface area contributed by atoms with Crippen molar-refractivity contribution in [3.05, 3.63) is 11.7 Å². The summed E-state index contributed by atoms with van der Waals surface area (Å²) in [7, 11) is 0. The highest BCUT2D eigenvalue weighted by molar-refractivity contribution is 7.80. The van der Waals surface area contributed by atoms with Gasteiger partial charge >= 0.3 is 6.09 Å². The van der Waals surface area contributed by atoms with Gasteiger partial charge in [0.05, 0.1) is 0 Å². The van der Waals surface area contributed by atoms with Crippen molar-refractivity contribution in [3.63, 3.8) is 0 Å². The van der Waals surface area contributed by atoms with E-state index in [1.54, 1.807) is 27.7 Å². The lowest BCUT2D eigenvalue weighted by Crippen LogP contribution is -2.35. The smallest absolute Gasteiger partial charge is 0.408 e. The molecule has 0 fully saturated rings. The van der Waals surface area contributed by atoms with E-state index >= 15 is 0 Å². The van der Waals surface area contributed by atoms with Crippen LogP contribution in [0.1, 0.15) is 38.5 Å². The maximum Gasteiger partial charge on any atom is 0.408 e. The Labute approximate surface area is 106 Å². The van der Waals surface area contributed by atoms with Crippen LogP contribution in [0.5, 0.6) is 0 Å². The zero-order valence-corrected chi connectivity index (χ0v) is 11.2. The molecule has 1 rings (SSSR count). The number of aryl methyl sites for hydroxylation is 1. The van der Waals surface area contributed by atoms with E-state index in [1.165, 1.54) is 0 Å². The van der Waals surface area contributed by atoms with Gasteiger partial charge in [-0.3, -0.25) is 0 Å². The molecule has 1 amide bonds. The first-order valence-corrected chi connectivity index (χ1v) is 5.85. The molecule has 17 heavy (non-hydrogen) atoms. The van der Waals surface area contributed by atoms with Gasteiger partial charge in [-0.15, -0.1) is 0 Å². The number of carbonyl (C=O) groups is 1. The predicted molar refractivity (Wildman–Crippen MR) is 65.0 cm³/mol. The fraction of sp³-hybridized carbons (Fsp3) is 0.700. The van der Waals surface area contributed by atoms with E-state index in [1.807, 2.05) is 0 Å². The molecular weight excluding hydrogens is 242 g/mol. The summed E-state index contributed by atoms with van der Waals surface area (Å²) in [6.07, 6.45) is -0.535. The first-order valence-electron chi connectivity index (χ1n) is 5.22. The maximum atomic E-state index is 11.6. The molecule has 96 valence electrons. The number of thiol groups is 1. The highest BCUT2D eigenvalue weighted by Gasteiger charge is 2.23. The largest absolute Gasteiger partial charge is 0.444 e. The fourth-order valence-electron chi connectivity index (χ4n) is 1.09. The SMILES string of the molecule is Cc1noc([C@H](CS)NC(=O)OC(C)(C)C)n1. The van der Waals surface area contributed by atoms with E-state index in [0.717, 1.165) is 0 Å². The Kier molecular flexibility index (Phi) is 4.39. The third kappa shape index (κ3) is 4.64. The first kappa shape index (κ1) is 13.8. The van der Waals surface area contributed by atoms with Crippen LogP contribution in [-0.2, 0) is 4.74 Å². The molecule has 1 aromatic rings. The van der Waals surface area contributed by atoms with Crippen molar-refractivity contribution in [3.8, 4) is 0 Å². The Morgan fingerprint density at radius 3 is 2.65 bits per heavy atom. The Bertz CT molecular complexity index is 386. The average molecular weight is 259 g/mol. The van der Waals surface area contributed by atoms with Crippen LogP contribution in [0, 0.1) is 6.92 Å². The molecule has 0 spiro atoms. The number of ether oxygens (including phenoxy) is 1. The lowest BCUT2D eigenvalue weighted by Gasteiger charge is -2.21. The summed E-state index contributed by atoms with van der Waals surface area (Å²) in [5, 5.41) is 6.27. The van der Waals surface area contributed by atoms with Crippen molar-refractivity contribution in [2.75, 3.05) is 5.75 Å². The summed E-state index contributed by atoms with van der Waals surface area (Å²) in [5.41, 5.74) is -0.546. The predicted octanol–water partition coefficient (Wildman–Crippen LogP) is 1.87. The zero-order chi connectivity index (χ0) is 13.1. The van der Waals surface area contributed by atoms with Gasteiger partial charge in [0.25, 0.3) is 0 Å². The number of nitrogens with one attached hydrogen (secondary N) is 1. The first-order chi connectivity index (χ1) is 7.81. The summed E-state index contributed by atoms with van der Waals surface area (Å²) < 4.78 is 10.1. The van der Waals surface area contributed by atoms with Gasteiger partial charge in [0.2, 0.25) is 5.89 Å². The summed E-state index contributed by atoms with van der Waals surface area (Å²) in [6, 6.07) is -0.450. The van der Waals surface area contributed by atoms with E-state index in [2.05, 4.69) is 28.1 Å². The van der Waals surface area contributed by atoms with Gasteiger partial charge in [-0.2, -0.15) is 17.6 Å². The normalized spacial score (nSPS) is 13.2. The molecule has 0 saturated heterocycles. The van der Waals surface area contributed by atoms with Crippen molar-refractivity contribution in [1.29, 1.82) is 0 Å². The quantitative estimate of drug-likeness (QED) is 0.810. The van der Waals surface area contributed by atoms with Crippen LogP contribution in [-0.4, -0.2) is 27.6 Å². The molecule has 6 nitrogen and oxygen atoms in total. The average Bonchev–Trinajstić information content (AvgIpc) is 2.58. The molecule has 1 atom stereocenters. The van der Waals surface area contributed by atoms with Crippen LogP contribution in [0.3, 0.4) is 0 Å². The Morgan fingerprint density at radius 2 is 2.24 bits per heavy atom. The van der Waals surface area contributed by atoms with Crippen molar-refractivity contribution in [2.24, 2.45) is 0 Å². The van der Waals surface area contributed by atoms with Gasteiger partial charge < -0.3 is 14.6 Å². The van der Waals surface area contributed by atoms with Crippen LogP contribution in [0.2, 0.25) is 0 Å². The lowest BCUT2D eigenvalue weighted by molar-refractivity contribution is 0.0500. The van der Waals surface area contributed by atoms with E-state index in [4.69, 9.17) is 9.26 Å². The van der Waals surface area contributed by atoms with Gasteiger partial charge in [-0.25, -0.2) is 4.79 Å². The van der Waals surface area contributed by atoms with E-state index in [-0.39, 0.29) is 0 Å². The number of hydrogen-bond acceptors (Lipinski definition) is 6. The molecule has 0 saturated carbocycles. The highest BCUT2D eigenvalue weighted by atomic mass is 32.1.